The van der Waals surface area contributed by atoms with Crippen molar-refractivity contribution in [3.05, 3.63) is 77.1 Å². The van der Waals surface area contributed by atoms with Crippen LogP contribution in [0.1, 0.15) is 26.3 Å². The van der Waals surface area contributed by atoms with Crippen molar-refractivity contribution < 1.29 is 9.84 Å². The average Bonchev–Trinajstić information content (AvgIpc) is 3.23. The SMILES string of the molecule is C=CCn1c(=O)c2ccccc2n2c(SCC(O)COc3ccc(C(C)(C)C)cc3)nnc12. The number of aromatic nitrogens is 4. The van der Waals surface area contributed by atoms with E-state index in [9.17, 15) is 9.90 Å². The molecule has 4 aromatic rings. The summed E-state index contributed by atoms with van der Waals surface area (Å²) in [5, 5.41) is 20.2. The number of aliphatic hydroxyl groups is 1. The highest BCUT2D eigenvalue weighted by atomic mass is 32.2. The summed E-state index contributed by atoms with van der Waals surface area (Å²) in [6.45, 7) is 10.7. The summed E-state index contributed by atoms with van der Waals surface area (Å²) in [6, 6.07) is 15.3. The van der Waals surface area contributed by atoms with Gasteiger partial charge in [0.15, 0.2) is 5.16 Å². The maximum atomic E-state index is 12.9. The second kappa shape index (κ2) is 9.41. The van der Waals surface area contributed by atoms with Crippen LogP contribution in [0, 0.1) is 0 Å². The second-order valence-electron chi connectivity index (χ2n) is 8.89. The minimum Gasteiger partial charge on any atom is -0.491 e. The van der Waals surface area contributed by atoms with Crippen LogP contribution < -0.4 is 10.3 Å². The van der Waals surface area contributed by atoms with Crippen LogP contribution in [0.5, 0.6) is 5.75 Å². The molecule has 2 aromatic heterocycles. The molecule has 0 bridgehead atoms. The highest BCUT2D eigenvalue weighted by molar-refractivity contribution is 7.99. The third-order valence-electron chi connectivity index (χ3n) is 5.36. The van der Waals surface area contributed by atoms with Gasteiger partial charge in [0.1, 0.15) is 12.4 Å². The quantitative estimate of drug-likeness (QED) is 0.313. The number of hydrogen-bond acceptors (Lipinski definition) is 6. The summed E-state index contributed by atoms with van der Waals surface area (Å²) in [6.07, 6.45) is 0.960. The maximum Gasteiger partial charge on any atom is 0.263 e. The predicted octanol–water partition coefficient (Wildman–Crippen LogP) is 4.06. The molecule has 1 atom stereocenters. The Kier molecular flexibility index (Phi) is 6.58. The van der Waals surface area contributed by atoms with E-state index in [0.717, 1.165) is 11.3 Å². The zero-order valence-electron chi connectivity index (χ0n) is 19.1. The lowest BCUT2D eigenvalue weighted by atomic mass is 9.87. The van der Waals surface area contributed by atoms with Gasteiger partial charge < -0.3 is 9.84 Å². The summed E-state index contributed by atoms with van der Waals surface area (Å²) in [5.41, 5.74) is 1.91. The first-order valence-corrected chi connectivity index (χ1v) is 11.8. The number of para-hydroxylation sites is 1. The van der Waals surface area contributed by atoms with Gasteiger partial charge in [-0.3, -0.25) is 13.8 Å². The molecule has 0 radical (unpaired) electrons. The van der Waals surface area contributed by atoms with Crippen molar-refractivity contribution in [3.63, 3.8) is 0 Å². The van der Waals surface area contributed by atoms with Gasteiger partial charge in [-0.2, -0.15) is 0 Å². The van der Waals surface area contributed by atoms with Gasteiger partial charge in [-0.25, -0.2) is 0 Å². The number of nitrogens with zero attached hydrogens (tertiary/aromatic N) is 4. The van der Waals surface area contributed by atoms with Crippen LogP contribution in [0.25, 0.3) is 16.7 Å². The van der Waals surface area contributed by atoms with Gasteiger partial charge in [0, 0.05) is 12.3 Å². The first-order valence-electron chi connectivity index (χ1n) is 10.8. The molecule has 2 heterocycles. The molecule has 0 amide bonds. The molecule has 0 fully saturated rings. The Morgan fingerprint density at radius 2 is 1.88 bits per heavy atom. The Labute approximate surface area is 196 Å². The van der Waals surface area contributed by atoms with E-state index in [0.29, 0.717) is 28.6 Å². The van der Waals surface area contributed by atoms with E-state index in [1.165, 1.54) is 17.3 Å². The predicted molar refractivity (Wildman–Crippen MR) is 132 cm³/mol. The molecule has 0 aliphatic rings. The molecular formula is C25H28N4O3S. The van der Waals surface area contributed by atoms with Crippen LogP contribution in [-0.4, -0.2) is 42.7 Å². The lowest BCUT2D eigenvalue weighted by molar-refractivity contribution is 0.126. The zero-order chi connectivity index (χ0) is 23.6. The van der Waals surface area contributed by atoms with Crippen LogP contribution in [0.3, 0.4) is 0 Å². The largest absolute Gasteiger partial charge is 0.491 e. The molecule has 0 saturated carbocycles. The van der Waals surface area contributed by atoms with Crippen LogP contribution in [0.4, 0.5) is 0 Å². The van der Waals surface area contributed by atoms with E-state index >= 15 is 0 Å². The highest BCUT2D eigenvalue weighted by Crippen LogP contribution is 2.25. The van der Waals surface area contributed by atoms with Gasteiger partial charge in [0.05, 0.1) is 17.0 Å². The number of aliphatic hydroxyl groups excluding tert-OH is 1. The number of ether oxygens (including phenoxy) is 1. The molecule has 4 rings (SSSR count). The number of rotatable bonds is 8. The summed E-state index contributed by atoms with van der Waals surface area (Å²) in [7, 11) is 0. The molecule has 8 heteroatoms. The Morgan fingerprint density at radius 3 is 2.58 bits per heavy atom. The Hall–Kier alpha value is -3.10. The minimum absolute atomic E-state index is 0.0799. The fraction of sp³-hybridized carbons (Fsp3) is 0.320. The molecule has 0 aliphatic heterocycles. The Morgan fingerprint density at radius 1 is 1.15 bits per heavy atom. The lowest BCUT2D eigenvalue weighted by Crippen LogP contribution is -2.23. The molecule has 0 saturated heterocycles. The van der Waals surface area contributed by atoms with Crippen LogP contribution in [-0.2, 0) is 12.0 Å². The fourth-order valence-corrected chi connectivity index (χ4v) is 4.43. The van der Waals surface area contributed by atoms with Gasteiger partial charge in [0.25, 0.3) is 5.56 Å². The molecule has 1 N–H and O–H groups in total. The highest BCUT2D eigenvalue weighted by Gasteiger charge is 2.18. The van der Waals surface area contributed by atoms with E-state index in [-0.39, 0.29) is 17.6 Å². The topological polar surface area (TPSA) is 81.7 Å². The third-order valence-corrected chi connectivity index (χ3v) is 6.43. The maximum absolute atomic E-state index is 12.9. The number of thioether (sulfide) groups is 1. The normalized spacial score (nSPS) is 12.8. The molecule has 0 aliphatic carbocycles. The molecule has 1 unspecified atom stereocenters. The first-order chi connectivity index (χ1) is 15.8. The van der Waals surface area contributed by atoms with Gasteiger partial charge in [-0.1, -0.05) is 62.9 Å². The van der Waals surface area contributed by atoms with E-state index < -0.39 is 6.10 Å². The van der Waals surface area contributed by atoms with E-state index in [4.69, 9.17) is 4.74 Å². The van der Waals surface area contributed by atoms with Crippen LogP contribution in [0.2, 0.25) is 0 Å². The Balaban J connectivity index is 1.49. The van der Waals surface area contributed by atoms with E-state index in [1.54, 1.807) is 16.7 Å². The van der Waals surface area contributed by atoms with E-state index in [1.807, 2.05) is 46.9 Å². The van der Waals surface area contributed by atoms with Gasteiger partial charge in [0.2, 0.25) is 5.78 Å². The molecule has 7 nitrogen and oxygen atoms in total. The summed E-state index contributed by atoms with van der Waals surface area (Å²) < 4.78 is 9.17. The molecule has 172 valence electrons. The average molecular weight is 465 g/mol. The van der Waals surface area contributed by atoms with Gasteiger partial charge >= 0.3 is 0 Å². The molecule has 0 spiro atoms. The summed E-state index contributed by atoms with van der Waals surface area (Å²) in [5.74, 6) is 1.54. The van der Waals surface area contributed by atoms with E-state index in [2.05, 4.69) is 37.5 Å². The number of benzene rings is 2. The minimum atomic E-state index is -0.699. The smallest absolute Gasteiger partial charge is 0.263 e. The monoisotopic (exact) mass is 464 g/mol. The number of hydrogen-bond donors (Lipinski definition) is 1. The number of allylic oxidation sites excluding steroid dienone is 1. The summed E-state index contributed by atoms with van der Waals surface area (Å²) in [4.78, 5) is 12.9. The standard InChI is InChI=1S/C25H28N4O3S/c1-5-14-28-22(31)20-8-6-7-9-21(20)29-23(28)26-27-24(29)33-16-18(30)15-32-19-12-10-17(11-13-19)25(2,3)4/h5-13,18,30H,1,14-16H2,2-4H3. The van der Waals surface area contributed by atoms with Gasteiger partial charge in [-0.05, 0) is 35.2 Å². The molecule has 33 heavy (non-hydrogen) atoms. The van der Waals surface area contributed by atoms with Crippen molar-refractivity contribution in [2.75, 3.05) is 12.4 Å². The second-order valence-corrected chi connectivity index (χ2v) is 9.88. The Bertz CT molecular complexity index is 1340. The summed E-state index contributed by atoms with van der Waals surface area (Å²) >= 11 is 1.37. The third kappa shape index (κ3) is 4.82. The van der Waals surface area contributed by atoms with Crippen molar-refractivity contribution in [1.29, 1.82) is 0 Å². The van der Waals surface area contributed by atoms with Crippen LogP contribution >= 0.6 is 11.8 Å². The van der Waals surface area contributed by atoms with Crippen molar-refractivity contribution in [1.82, 2.24) is 19.2 Å². The molecular weight excluding hydrogens is 436 g/mol. The fourth-order valence-electron chi connectivity index (χ4n) is 3.58. The zero-order valence-corrected chi connectivity index (χ0v) is 19.9. The van der Waals surface area contributed by atoms with Crippen molar-refractivity contribution in [3.8, 4) is 5.75 Å². The lowest BCUT2D eigenvalue weighted by Gasteiger charge is -2.19. The van der Waals surface area contributed by atoms with Crippen molar-refractivity contribution in [2.45, 2.75) is 44.0 Å². The van der Waals surface area contributed by atoms with Crippen molar-refractivity contribution >= 4 is 28.4 Å². The molecule has 2 aromatic carbocycles. The van der Waals surface area contributed by atoms with Gasteiger partial charge in [-0.15, -0.1) is 16.8 Å². The number of fused-ring (bicyclic) bond motifs is 3. The first kappa shape index (κ1) is 23.1. The van der Waals surface area contributed by atoms with Crippen LogP contribution in [0.15, 0.2) is 71.1 Å². The van der Waals surface area contributed by atoms with Crippen molar-refractivity contribution in [2.24, 2.45) is 0 Å².